The van der Waals surface area contributed by atoms with Gasteiger partial charge < -0.3 is 9.88 Å². The largest absolute Gasteiger partial charge is 0.328 e. The zero-order chi connectivity index (χ0) is 15.0. The van der Waals surface area contributed by atoms with Gasteiger partial charge in [-0.05, 0) is 25.1 Å². The molecule has 1 N–H and O–H groups in total. The van der Waals surface area contributed by atoms with E-state index in [-0.39, 0.29) is 17.5 Å². The molecule has 1 aromatic heterocycles. The van der Waals surface area contributed by atoms with Crippen LogP contribution in [0, 0.1) is 0 Å². The fourth-order valence-corrected chi connectivity index (χ4v) is 4.48. The molecule has 1 unspecified atom stereocenters. The molecule has 21 heavy (non-hydrogen) atoms. The molecule has 0 spiro atoms. The van der Waals surface area contributed by atoms with E-state index in [4.69, 9.17) is 11.6 Å². The van der Waals surface area contributed by atoms with Crippen molar-refractivity contribution in [1.82, 2.24) is 14.9 Å². The number of nitrogens with one attached hydrogen (secondary N) is 1. The summed E-state index contributed by atoms with van der Waals surface area (Å²) in [6.07, 6.45) is 0.610. The summed E-state index contributed by atoms with van der Waals surface area (Å²) >= 11 is 6.05. The van der Waals surface area contributed by atoms with Gasteiger partial charge in [-0.3, -0.25) is 0 Å². The Balaban J connectivity index is 1.93. The molecule has 0 radical (unpaired) electrons. The van der Waals surface area contributed by atoms with Crippen molar-refractivity contribution in [2.75, 3.05) is 18.1 Å². The van der Waals surface area contributed by atoms with E-state index in [1.165, 1.54) is 0 Å². The number of nitrogens with zero attached hydrogens (tertiary/aromatic N) is 2. The van der Waals surface area contributed by atoms with Crippen LogP contribution in [0.15, 0.2) is 18.2 Å². The van der Waals surface area contributed by atoms with Crippen LogP contribution >= 0.6 is 11.6 Å². The number of halogens is 1. The summed E-state index contributed by atoms with van der Waals surface area (Å²) in [5, 5.41) is 3.95. The van der Waals surface area contributed by atoms with Crippen LogP contribution < -0.4 is 5.32 Å². The Morgan fingerprint density at radius 2 is 2.29 bits per heavy atom. The van der Waals surface area contributed by atoms with Gasteiger partial charge in [-0.15, -0.1) is 0 Å². The van der Waals surface area contributed by atoms with Crippen LogP contribution in [-0.4, -0.2) is 42.1 Å². The van der Waals surface area contributed by atoms with Gasteiger partial charge in [-0.25, -0.2) is 13.4 Å². The van der Waals surface area contributed by atoms with E-state index in [9.17, 15) is 8.42 Å². The Hall–Kier alpha value is -1.11. The highest BCUT2D eigenvalue weighted by molar-refractivity contribution is 7.91. The van der Waals surface area contributed by atoms with Gasteiger partial charge in [0.25, 0.3) is 0 Å². The predicted octanol–water partition coefficient (Wildman–Crippen LogP) is 1.64. The van der Waals surface area contributed by atoms with Crippen LogP contribution in [0.2, 0.25) is 5.02 Å². The van der Waals surface area contributed by atoms with Gasteiger partial charge >= 0.3 is 0 Å². The summed E-state index contributed by atoms with van der Waals surface area (Å²) in [5.74, 6) is 1.31. The van der Waals surface area contributed by atoms with Gasteiger partial charge in [0.05, 0.1) is 22.5 Å². The number of rotatable bonds is 3. The van der Waals surface area contributed by atoms with E-state index in [1.807, 2.05) is 18.2 Å². The van der Waals surface area contributed by atoms with E-state index in [0.29, 0.717) is 18.0 Å². The molecule has 0 saturated carbocycles. The number of hydrogen-bond donors (Lipinski definition) is 1. The molecular formula is C14H18ClN3O2S. The summed E-state index contributed by atoms with van der Waals surface area (Å²) in [4.78, 5) is 4.64. The van der Waals surface area contributed by atoms with E-state index in [1.54, 1.807) is 0 Å². The third kappa shape index (κ3) is 3.07. The fraction of sp³-hybridized carbons (Fsp3) is 0.500. The van der Waals surface area contributed by atoms with Crippen molar-refractivity contribution in [3.8, 4) is 0 Å². The van der Waals surface area contributed by atoms with Crippen LogP contribution in [0.4, 0.5) is 0 Å². The first kappa shape index (κ1) is 14.8. The highest BCUT2D eigenvalue weighted by Gasteiger charge is 2.26. The average molecular weight is 328 g/mol. The SMILES string of the molecule is CCn1c(CC2CS(=O)(=O)CCN2)nc2ccc(Cl)cc21. The molecule has 0 amide bonds. The Morgan fingerprint density at radius 1 is 1.48 bits per heavy atom. The molecule has 1 fully saturated rings. The van der Waals surface area contributed by atoms with Crippen molar-refractivity contribution in [1.29, 1.82) is 0 Å². The maximum atomic E-state index is 11.7. The third-order valence-electron chi connectivity index (χ3n) is 3.84. The van der Waals surface area contributed by atoms with Gasteiger partial charge in [-0.1, -0.05) is 11.6 Å². The first-order valence-corrected chi connectivity index (χ1v) is 9.27. The van der Waals surface area contributed by atoms with Crippen LogP contribution in [0.25, 0.3) is 11.0 Å². The number of hydrogen-bond acceptors (Lipinski definition) is 4. The number of aryl methyl sites for hydroxylation is 1. The second-order valence-corrected chi connectivity index (χ2v) is 8.04. The molecule has 1 saturated heterocycles. The molecule has 1 aliphatic heterocycles. The summed E-state index contributed by atoms with van der Waals surface area (Å²) in [6, 6.07) is 5.56. The Bertz CT molecular complexity index is 770. The van der Waals surface area contributed by atoms with Crippen molar-refractivity contribution in [3.63, 3.8) is 0 Å². The molecular weight excluding hydrogens is 310 g/mol. The Labute approximate surface area is 129 Å². The summed E-state index contributed by atoms with van der Waals surface area (Å²) < 4.78 is 25.6. The summed E-state index contributed by atoms with van der Waals surface area (Å²) in [5.41, 5.74) is 1.90. The fourth-order valence-electron chi connectivity index (χ4n) is 2.87. The predicted molar refractivity (Wildman–Crippen MR) is 84.6 cm³/mol. The van der Waals surface area contributed by atoms with Gasteiger partial charge in [-0.2, -0.15) is 0 Å². The average Bonchev–Trinajstić information content (AvgIpc) is 2.74. The quantitative estimate of drug-likeness (QED) is 0.931. The van der Waals surface area contributed by atoms with Gasteiger partial charge in [0, 0.05) is 30.6 Å². The van der Waals surface area contributed by atoms with E-state index >= 15 is 0 Å². The molecule has 0 bridgehead atoms. The second kappa shape index (κ2) is 5.59. The molecule has 1 aliphatic rings. The molecule has 1 aromatic carbocycles. The zero-order valence-electron chi connectivity index (χ0n) is 11.8. The highest BCUT2D eigenvalue weighted by atomic mass is 35.5. The van der Waals surface area contributed by atoms with Crippen molar-refractivity contribution in [3.05, 3.63) is 29.0 Å². The third-order valence-corrected chi connectivity index (χ3v) is 5.81. The Kier molecular flexibility index (Phi) is 3.94. The van der Waals surface area contributed by atoms with Crippen LogP contribution in [0.5, 0.6) is 0 Å². The maximum Gasteiger partial charge on any atom is 0.153 e. The topological polar surface area (TPSA) is 64.0 Å². The monoisotopic (exact) mass is 327 g/mol. The number of benzene rings is 1. The summed E-state index contributed by atoms with van der Waals surface area (Å²) in [6.45, 7) is 3.35. The van der Waals surface area contributed by atoms with Gasteiger partial charge in [0.2, 0.25) is 0 Å². The lowest BCUT2D eigenvalue weighted by molar-refractivity contribution is 0.502. The minimum atomic E-state index is -2.93. The van der Waals surface area contributed by atoms with Gasteiger partial charge in [0.15, 0.2) is 9.84 Å². The Morgan fingerprint density at radius 3 is 3.00 bits per heavy atom. The molecule has 3 rings (SSSR count). The standard InChI is InChI=1S/C14H18ClN3O2S/c1-2-18-13-7-10(15)3-4-12(13)17-14(18)8-11-9-21(19,20)6-5-16-11/h3-4,7,11,16H,2,5-6,8-9H2,1H3. The molecule has 7 heteroatoms. The first-order chi connectivity index (χ1) is 9.98. The second-order valence-electron chi connectivity index (χ2n) is 5.37. The smallest absolute Gasteiger partial charge is 0.153 e. The molecule has 2 aromatic rings. The van der Waals surface area contributed by atoms with Crippen molar-refractivity contribution < 1.29 is 8.42 Å². The lowest BCUT2D eigenvalue weighted by Crippen LogP contribution is -2.46. The summed E-state index contributed by atoms with van der Waals surface area (Å²) in [7, 11) is -2.93. The molecule has 114 valence electrons. The van der Waals surface area contributed by atoms with Gasteiger partial charge in [0.1, 0.15) is 5.82 Å². The molecule has 2 heterocycles. The highest BCUT2D eigenvalue weighted by Crippen LogP contribution is 2.22. The number of sulfone groups is 1. The lowest BCUT2D eigenvalue weighted by Gasteiger charge is -2.23. The number of imidazole rings is 1. The molecule has 1 atom stereocenters. The lowest BCUT2D eigenvalue weighted by atomic mass is 10.2. The normalized spacial score (nSPS) is 21.7. The molecule has 0 aliphatic carbocycles. The van der Waals surface area contributed by atoms with Crippen molar-refractivity contribution in [2.45, 2.75) is 25.9 Å². The number of aromatic nitrogens is 2. The van der Waals surface area contributed by atoms with E-state index < -0.39 is 9.84 Å². The van der Waals surface area contributed by atoms with E-state index in [2.05, 4.69) is 21.8 Å². The van der Waals surface area contributed by atoms with Crippen molar-refractivity contribution >= 4 is 32.5 Å². The zero-order valence-corrected chi connectivity index (χ0v) is 13.4. The molecule has 5 nitrogen and oxygen atoms in total. The first-order valence-electron chi connectivity index (χ1n) is 7.07. The minimum absolute atomic E-state index is 0.0682. The van der Waals surface area contributed by atoms with E-state index in [0.717, 1.165) is 23.4 Å². The maximum absolute atomic E-state index is 11.7. The van der Waals surface area contributed by atoms with Crippen LogP contribution in [0.1, 0.15) is 12.7 Å². The minimum Gasteiger partial charge on any atom is -0.328 e. The number of fused-ring (bicyclic) bond motifs is 1. The van der Waals surface area contributed by atoms with Crippen molar-refractivity contribution in [2.24, 2.45) is 0 Å². The van der Waals surface area contributed by atoms with Crippen LogP contribution in [0.3, 0.4) is 0 Å². The van der Waals surface area contributed by atoms with Crippen LogP contribution in [-0.2, 0) is 22.8 Å².